The summed E-state index contributed by atoms with van der Waals surface area (Å²) in [6.45, 7) is 0. The molecule has 0 aliphatic carbocycles. The van der Waals surface area contributed by atoms with Crippen molar-refractivity contribution in [3.8, 4) is 5.75 Å². The summed E-state index contributed by atoms with van der Waals surface area (Å²) in [6, 6.07) is 4.36. The summed E-state index contributed by atoms with van der Waals surface area (Å²) in [5.74, 6) is -0.285. The minimum Gasteiger partial charge on any atom is -0.497 e. The Balaban J connectivity index is 2.82. The Morgan fingerprint density at radius 1 is 1.47 bits per heavy atom. The fourth-order valence-electron chi connectivity index (χ4n) is 1.58. The monoisotopic (exact) mass is 235 g/mol. The van der Waals surface area contributed by atoms with Crippen molar-refractivity contribution in [2.45, 2.75) is 0 Å². The van der Waals surface area contributed by atoms with Crippen LogP contribution in [0.3, 0.4) is 0 Å². The van der Waals surface area contributed by atoms with E-state index in [4.69, 9.17) is 15.7 Å². The normalized spacial score (nSPS) is 11.8. The number of fused-ring (bicyclic) bond motifs is 1. The first kappa shape index (κ1) is 11.1. The first-order chi connectivity index (χ1) is 8.17. The van der Waals surface area contributed by atoms with E-state index in [0.29, 0.717) is 16.5 Å². The Kier molecular flexibility index (Phi) is 2.78. The smallest absolute Gasteiger partial charge is 0.189 e. The predicted molar refractivity (Wildman–Crippen MR) is 60.8 cm³/mol. The molecule has 2 aromatic rings. The number of hydrogen-bond donors (Lipinski definition) is 2. The van der Waals surface area contributed by atoms with Crippen molar-refractivity contribution >= 4 is 16.6 Å². The van der Waals surface area contributed by atoms with Crippen molar-refractivity contribution in [3.05, 3.63) is 35.9 Å². The van der Waals surface area contributed by atoms with Crippen LogP contribution >= 0.6 is 0 Å². The zero-order valence-electron chi connectivity index (χ0n) is 9.01. The molecule has 1 heterocycles. The van der Waals surface area contributed by atoms with Crippen LogP contribution in [-0.4, -0.2) is 23.1 Å². The molecular formula is C11H10FN3O2. The van der Waals surface area contributed by atoms with Gasteiger partial charge in [-0.1, -0.05) is 5.16 Å². The molecular weight excluding hydrogens is 225 g/mol. The molecule has 0 amide bonds. The van der Waals surface area contributed by atoms with Gasteiger partial charge in [0.25, 0.3) is 0 Å². The molecule has 0 bridgehead atoms. The first-order valence-electron chi connectivity index (χ1n) is 4.77. The van der Waals surface area contributed by atoms with Gasteiger partial charge in [0, 0.05) is 23.0 Å². The zero-order valence-corrected chi connectivity index (χ0v) is 9.01. The Labute approximate surface area is 96.3 Å². The zero-order chi connectivity index (χ0) is 12.4. The van der Waals surface area contributed by atoms with Gasteiger partial charge >= 0.3 is 0 Å². The molecule has 0 unspecified atom stereocenters. The lowest BCUT2D eigenvalue weighted by molar-refractivity contribution is 0.318. The second-order valence-corrected chi connectivity index (χ2v) is 3.35. The number of nitrogens with two attached hydrogens (primary N) is 1. The SMILES string of the molecule is COc1cc(F)c2ccnc(/C(N)=N/O)c2c1. The fourth-order valence-corrected chi connectivity index (χ4v) is 1.58. The third-order valence-electron chi connectivity index (χ3n) is 2.39. The number of rotatable bonds is 2. The molecule has 5 nitrogen and oxygen atoms in total. The number of ether oxygens (including phenoxy) is 1. The molecule has 88 valence electrons. The molecule has 2 rings (SSSR count). The van der Waals surface area contributed by atoms with Crippen LogP contribution in [-0.2, 0) is 0 Å². The van der Waals surface area contributed by atoms with Crippen LogP contribution in [0.25, 0.3) is 10.8 Å². The average Bonchev–Trinajstić information content (AvgIpc) is 2.37. The van der Waals surface area contributed by atoms with Gasteiger partial charge in [0.05, 0.1) is 7.11 Å². The number of hydrogen-bond acceptors (Lipinski definition) is 4. The van der Waals surface area contributed by atoms with Gasteiger partial charge < -0.3 is 15.7 Å². The average molecular weight is 235 g/mol. The van der Waals surface area contributed by atoms with E-state index >= 15 is 0 Å². The highest BCUT2D eigenvalue weighted by Crippen LogP contribution is 2.25. The van der Waals surface area contributed by atoms with E-state index in [0.717, 1.165) is 0 Å². The Morgan fingerprint density at radius 3 is 2.88 bits per heavy atom. The van der Waals surface area contributed by atoms with Gasteiger partial charge in [-0.2, -0.15) is 0 Å². The third kappa shape index (κ3) is 1.84. The highest BCUT2D eigenvalue weighted by molar-refractivity contribution is 6.07. The number of oxime groups is 1. The minimum atomic E-state index is -0.450. The van der Waals surface area contributed by atoms with Crippen LogP contribution in [0, 0.1) is 5.82 Å². The number of amidine groups is 1. The maximum atomic E-state index is 13.7. The Hall–Kier alpha value is -2.37. The van der Waals surface area contributed by atoms with Crippen LogP contribution in [0.1, 0.15) is 5.69 Å². The summed E-state index contributed by atoms with van der Waals surface area (Å²) in [7, 11) is 1.43. The molecule has 0 spiro atoms. The second-order valence-electron chi connectivity index (χ2n) is 3.35. The number of benzene rings is 1. The van der Waals surface area contributed by atoms with Gasteiger partial charge in [-0.25, -0.2) is 4.39 Å². The molecule has 0 radical (unpaired) electrons. The summed E-state index contributed by atoms with van der Waals surface area (Å²) in [6.07, 6.45) is 1.39. The summed E-state index contributed by atoms with van der Waals surface area (Å²) >= 11 is 0. The minimum absolute atomic E-state index is 0.178. The fraction of sp³-hybridized carbons (Fsp3) is 0.0909. The van der Waals surface area contributed by atoms with Crippen LogP contribution in [0.5, 0.6) is 5.75 Å². The van der Waals surface area contributed by atoms with Crippen molar-refractivity contribution in [2.75, 3.05) is 7.11 Å². The maximum Gasteiger partial charge on any atom is 0.189 e. The molecule has 1 aromatic heterocycles. The number of aromatic nitrogens is 1. The first-order valence-corrected chi connectivity index (χ1v) is 4.77. The van der Waals surface area contributed by atoms with Crippen molar-refractivity contribution in [3.63, 3.8) is 0 Å². The number of nitrogens with zero attached hydrogens (tertiary/aromatic N) is 2. The maximum absolute atomic E-state index is 13.7. The van der Waals surface area contributed by atoms with Crippen LogP contribution in [0.4, 0.5) is 4.39 Å². The van der Waals surface area contributed by atoms with Crippen LogP contribution < -0.4 is 10.5 Å². The molecule has 0 aliphatic rings. The second kappa shape index (κ2) is 4.25. The van der Waals surface area contributed by atoms with Crippen LogP contribution in [0.15, 0.2) is 29.6 Å². The summed E-state index contributed by atoms with van der Waals surface area (Å²) in [4.78, 5) is 3.96. The molecule has 6 heteroatoms. The third-order valence-corrected chi connectivity index (χ3v) is 2.39. The van der Waals surface area contributed by atoms with E-state index in [2.05, 4.69) is 10.1 Å². The molecule has 0 saturated heterocycles. The molecule has 0 saturated carbocycles. The molecule has 1 aromatic carbocycles. The Bertz CT molecular complexity index is 599. The number of halogens is 1. The molecule has 3 N–H and O–H groups in total. The van der Waals surface area contributed by atoms with Crippen molar-refractivity contribution in [1.29, 1.82) is 0 Å². The van der Waals surface area contributed by atoms with E-state index in [1.807, 2.05) is 0 Å². The van der Waals surface area contributed by atoms with Crippen molar-refractivity contribution < 1.29 is 14.3 Å². The van der Waals surface area contributed by atoms with E-state index < -0.39 is 5.82 Å². The van der Waals surface area contributed by atoms with Crippen molar-refractivity contribution in [1.82, 2.24) is 4.98 Å². The molecule has 0 fully saturated rings. The van der Waals surface area contributed by atoms with Gasteiger partial charge in [-0.15, -0.1) is 0 Å². The molecule has 17 heavy (non-hydrogen) atoms. The van der Waals surface area contributed by atoms with Gasteiger partial charge in [0.2, 0.25) is 0 Å². The lowest BCUT2D eigenvalue weighted by Crippen LogP contribution is -2.15. The van der Waals surface area contributed by atoms with Gasteiger partial charge in [0.15, 0.2) is 5.84 Å². The molecule has 0 atom stereocenters. The predicted octanol–water partition coefficient (Wildman–Crippen LogP) is 1.48. The largest absolute Gasteiger partial charge is 0.497 e. The standard InChI is InChI=1S/C11H10FN3O2/c1-17-6-4-8-7(9(12)5-6)2-3-14-10(8)11(13)15-16/h2-5,16H,1H3,(H2,13,15). The number of methoxy groups -OCH3 is 1. The van der Waals surface area contributed by atoms with E-state index in [1.54, 1.807) is 6.07 Å². The van der Waals surface area contributed by atoms with E-state index in [9.17, 15) is 4.39 Å². The summed E-state index contributed by atoms with van der Waals surface area (Å²) < 4.78 is 18.7. The topological polar surface area (TPSA) is 80.7 Å². The Morgan fingerprint density at radius 2 is 2.24 bits per heavy atom. The van der Waals surface area contributed by atoms with Gasteiger partial charge in [-0.05, 0) is 12.1 Å². The van der Waals surface area contributed by atoms with E-state index in [1.165, 1.54) is 25.4 Å². The summed E-state index contributed by atoms with van der Waals surface area (Å²) in [5, 5.41) is 12.3. The molecule has 0 aliphatic heterocycles. The lowest BCUT2D eigenvalue weighted by atomic mass is 10.1. The highest BCUT2D eigenvalue weighted by atomic mass is 19.1. The van der Waals surface area contributed by atoms with E-state index in [-0.39, 0.29) is 11.5 Å². The highest BCUT2D eigenvalue weighted by Gasteiger charge is 2.11. The van der Waals surface area contributed by atoms with Crippen LogP contribution in [0.2, 0.25) is 0 Å². The van der Waals surface area contributed by atoms with Gasteiger partial charge in [0.1, 0.15) is 17.3 Å². The summed E-state index contributed by atoms with van der Waals surface area (Å²) in [5.41, 5.74) is 5.69. The number of pyridine rings is 1. The lowest BCUT2D eigenvalue weighted by Gasteiger charge is -2.07. The van der Waals surface area contributed by atoms with Crippen molar-refractivity contribution in [2.24, 2.45) is 10.9 Å². The van der Waals surface area contributed by atoms with Gasteiger partial charge in [-0.3, -0.25) is 4.98 Å². The quantitative estimate of drug-likeness (QED) is 0.357.